The van der Waals surface area contributed by atoms with Gasteiger partial charge >= 0.3 is 0 Å². The Bertz CT molecular complexity index is 752. The lowest BCUT2D eigenvalue weighted by Gasteiger charge is -2.08. The molecular formula is C14H12FN3O. The average Bonchev–Trinajstić information content (AvgIpc) is 2.76. The molecule has 4 nitrogen and oxygen atoms in total. The van der Waals surface area contributed by atoms with Crippen LogP contribution in [0.15, 0.2) is 36.4 Å². The Morgan fingerprint density at radius 1 is 1.21 bits per heavy atom. The summed E-state index contributed by atoms with van der Waals surface area (Å²) < 4.78 is 19.4. The monoisotopic (exact) mass is 257 g/mol. The van der Waals surface area contributed by atoms with Crippen LogP contribution in [0, 0.1) is 12.7 Å². The summed E-state index contributed by atoms with van der Waals surface area (Å²) in [4.78, 5) is 0. The smallest absolute Gasteiger partial charge is 0.167 e. The van der Waals surface area contributed by atoms with Gasteiger partial charge in [0.25, 0.3) is 0 Å². The van der Waals surface area contributed by atoms with Crippen molar-refractivity contribution in [1.29, 1.82) is 0 Å². The molecule has 0 fully saturated rings. The van der Waals surface area contributed by atoms with Crippen molar-refractivity contribution in [1.82, 2.24) is 10.2 Å². The van der Waals surface area contributed by atoms with Gasteiger partial charge in [-0.1, -0.05) is 6.07 Å². The van der Waals surface area contributed by atoms with E-state index < -0.39 is 5.82 Å². The largest absolute Gasteiger partial charge is 0.454 e. The van der Waals surface area contributed by atoms with Crippen molar-refractivity contribution in [3.8, 4) is 11.5 Å². The number of fused-ring (bicyclic) bond motifs is 1. The number of nitrogens with zero attached hydrogens (tertiary/aromatic N) is 1. The average molecular weight is 257 g/mol. The number of ether oxygens (including phenoxy) is 1. The Labute approximate surface area is 109 Å². The Kier molecular flexibility index (Phi) is 2.59. The van der Waals surface area contributed by atoms with Crippen LogP contribution in [0.5, 0.6) is 11.5 Å². The van der Waals surface area contributed by atoms with Crippen molar-refractivity contribution in [2.45, 2.75) is 6.92 Å². The quantitative estimate of drug-likeness (QED) is 0.692. The lowest BCUT2D eigenvalue weighted by atomic mass is 10.2. The topological polar surface area (TPSA) is 63.9 Å². The number of nitrogen functional groups attached to an aromatic ring is 1. The second-order valence-electron chi connectivity index (χ2n) is 4.28. The van der Waals surface area contributed by atoms with E-state index in [1.807, 2.05) is 19.1 Å². The number of nitrogens with two attached hydrogens (primary N) is 1. The molecule has 2 aromatic carbocycles. The standard InChI is InChI=1S/C14H12FN3O/c1-8-14-11(18-17-8)3-2-4-13(14)19-12-6-5-9(16)7-10(12)15/h2-7H,16H2,1H3,(H,17,18). The van der Waals surface area contributed by atoms with E-state index in [2.05, 4.69) is 10.2 Å². The first kappa shape index (κ1) is 11.5. The SMILES string of the molecule is Cc1n[nH]c2cccc(Oc3ccc(N)cc3F)c12. The molecule has 0 saturated heterocycles. The molecule has 0 spiro atoms. The van der Waals surface area contributed by atoms with Crippen LogP contribution in [0.4, 0.5) is 10.1 Å². The molecule has 3 aromatic rings. The van der Waals surface area contributed by atoms with Crippen LogP contribution in [0.1, 0.15) is 5.69 Å². The van der Waals surface area contributed by atoms with Crippen molar-refractivity contribution in [3.05, 3.63) is 47.9 Å². The second kappa shape index (κ2) is 4.28. The summed E-state index contributed by atoms with van der Waals surface area (Å²) in [6.07, 6.45) is 0. The van der Waals surface area contributed by atoms with Gasteiger partial charge in [-0.25, -0.2) is 4.39 Å². The molecule has 19 heavy (non-hydrogen) atoms. The van der Waals surface area contributed by atoms with E-state index in [9.17, 15) is 4.39 Å². The van der Waals surface area contributed by atoms with Crippen LogP contribution in [0.25, 0.3) is 10.9 Å². The van der Waals surface area contributed by atoms with Crippen LogP contribution in [-0.4, -0.2) is 10.2 Å². The van der Waals surface area contributed by atoms with E-state index in [4.69, 9.17) is 10.5 Å². The molecule has 0 aliphatic rings. The van der Waals surface area contributed by atoms with Gasteiger partial charge in [-0.3, -0.25) is 5.10 Å². The molecule has 0 aliphatic heterocycles. The molecule has 0 aliphatic carbocycles. The van der Waals surface area contributed by atoms with E-state index >= 15 is 0 Å². The van der Waals surface area contributed by atoms with Crippen molar-refractivity contribution in [3.63, 3.8) is 0 Å². The minimum Gasteiger partial charge on any atom is -0.454 e. The Morgan fingerprint density at radius 3 is 2.84 bits per heavy atom. The number of hydrogen-bond donors (Lipinski definition) is 2. The lowest BCUT2D eigenvalue weighted by molar-refractivity contribution is 0.446. The van der Waals surface area contributed by atoms with Crippen LogP contribution >= 0.6 is 0 Å². The Balaban J connectivity index is 2.08. The first-order valence-corrected chi connectivity index (χ1v) is 5.82. The molecule has 1 heterocycles. The summed E-state index contributed by atoms with van der Waals surface area (Å²) >= 11 is 0. The summed E-state index contributed by atoms with van der Waals surface area (Å²) in [6, 6.07) is 9.84. The third kappa shape index (κ3) is 1.99. The minimum absolute atomic E-state index is 0.141. The van der Waals surface area contributed by atoms with Crippen LogP contribution in [-0.2, 0) is 0 Å². The summed E-state index contributed by atoms with van der Waals surface area (Å²) in [5.41, 5.74) is 7.53. The Morgan fingerprint density at radius 2 is 2.05 bits per heavy atom. The number of aromatic amines is 1. The predicted molar refractivity (Wildman–Crippen MR) is 71.7 cm³/mol. The first-order valence-electron chi connectivity index (χ1n) is 5.82. The molecule has 0 saturated carbocycles. The van der Waals surface area contributed by atoms with Crippen molar-refractivity contribution >= 4 is 16.6 Å². The van der Waals surface area contributed by atoms with Crippen LogP contribution in [0.3, 0.4) is 0 Å². The highest BCUT2D eigenvalue weighted by atomic mass is 19.1. The fourth-order valence-electron chi connectivity index (χ4n) is 2.00. The fourth-order valence-corrected chi connectivity index (χ4v) is 2.00. The lowest BCUT2D eigenvalue weighted by Crippen LogP contribution is -1.92. The highest BCUT2D eigenvalue weighted by molar-refractivity contribution is 5.87. The zero-order valence-electron chi connectivity index (χ0n) is 10.3. The maximum absolute atomic E-state index is 13.7. The third-order valence-electron chi connectivity index (χ3n) is 2.91. The summed E-state index contributed by atoms with van der Waals surface area (Å²) in [5, 5.41) is 7.86. The van der Waals surface area contributed by atoms with Gasteiger partial charge in [-0.2, -0.15) is 5.10 Å². The number of benzene rings is 2. The molecule has 96 valence electrons. The minimum atomic E-state index is -0.488. The first-order chi connectivity index (χ1) is 9.15. The second-order valence-corrected chi connectivity index (χ2v) is 4.28. The summed E-state index contributed by atoms with van der Waals surface area (Å²) in [7, 11) is 0. The van der Waals surface area contributed by atoms with E-state index in [0.717, 1.165) is 16.6 Å². The number of halogens is 1. The van der Waals surface area contributed by atoms with Gasteiger partial charge < -0.3 is 10.5 Å². The fraction of sp³-hybridized carbons (Fsp3) is 0.0714. The number of nitrogens with one attached hydrogen (secondary N) is 1. The van der Waals surface area contributed by atoms with Crippen LogP contribution in [0.2, 0.25) is 0 Å². The van der Waals surface area contributed by atoms with Crippen molar-refractivity contribution < 1.29 is 9.13 Å². The molecular weight excluding hydrogens is 245 g/mol. The third-order valence-corrected chi connectivity index (χ3v) is 2.91. The number of rotatable bonds is 2. The van der Waals surface area contributed by atoms with Gasteiger partial charge in [-0.05, 0) is 31.2 Å². The predicted octanol–water partition coefficient (Wildman–Crippen LogP) is 3.38. The van der Waals surface area contributed by atoms with Gasteiger partial charge in [0.1, 0.15) is 5.75 Å². The van der Waals surface area contributed by atoms with E-state index in [0.29, 0.717) is 11.4 Å². The maximum atomic E-state index is 13.7. The molecule has 3 rings (SSSR count). The van der Waals surface area contributed by atoms with Gasteiger partial charge in [0.15, 0.2) is 11.6 Å². The molecule has 0 amide bonds. The summed E-state index contributed by atoms with van der Waals surface area (Å²) in [6.45, 7) is 1.87. The Hall–Kier alpha value is -2.56. The molecule has 3 N–H and O–H groups in total. The van der Waals surface area contributed by atoms with E-state index in [-0.39, 0.29) is 5.75 Å². The highest BCUT2D eigenvalue weighted by Gasteiger charge is 2.11. The molecule has 1 aromatic heterocycles. The molecule has 0 atom stereocenters. The van der Waals surface area contributed by atoms with E-state index in [1.54, 1.807) is 12.1 Å². The normalized spacial score (nSPS) is 10.8. The van der Waals surface area contributed by atoms with E-state index in [1.165, 1.54) is 12.1 Å². The highest BCUT2D eigenvalue weighted by Crippen LogP contribution is 2.32. The van der Waals surface area contributed by atoms with Gasteiger partial charge in [0.05, 0.1) is 16.6 Å². The van der Waals surface area contributed by atoms with Crippen molar-refractivity contribution in [2.24, 2.45) is 0 Å². The summed E-state index contributed by atoms with van der Waals surface area (Å²) in [5.74, 6) is 0.216. The van der Waals surface area contributed by atoms with Crippen LogP contribution < -0.4 is 10.5 Å². The zero-order valence-corrected chi connectivity index (χ0v) is 10.3. The zero-order chi connectivity index (χ0) is 13.4. The molecule has 0 unspecified atom stereocenters. The van der Waals surface area contributed by atoms with Gasteiger partial charge in [0, 0.05) is 11.8 Å². The van der Waals surface area contributed by atoms with Gasteiger partial charge in [0.2, 0.25) is 0 Å². The van der Waals surface area contributed by atoms with Crippen molar-refractivity contribution in [2.75, 3.05) is 5.73 Å². The van der Waals surface area contributed by atoms with Gasteiger partial charge in [-0.15, -0.1) is 0 Å². The number of H-pyrrole nitrogens is 1. The number of hydrogen-bond acceptors (Lipinski definition) is 3. The number of anilines is 1. The number of aryl methyl sites for hydroxylation is 1. The molecule has 5 heteroatoms. The number of aromatic nitrogens is 2. The molecule has 0 bridgehead atoms. The maximum Gasteiger partial charge on any atom is 0.167 e. The molecule has 0 radical (unpaired) electrons.